The average molecular weight is 788 g/mol. The number of nitrogens with zero attached hydrogens (tertiary/aromatic N) is 5. The lowest BCUT2D eigenvalue weighted by atomic mass is 9.85. The molecule has 3 N–H and O–H groups in total. The SMILES string of the molecule is Cc1nnc(Sc2cc(O[C@@H]3C[C@@H](C(N)=O)N(C(=O)[C@@H](NC(=O)OC4C[C@@H]5C[C@@H]5C4)C(C)(C)C)C3)c3ccc(OCCN4CCOCC4)c(Cl)c3n2)s1. The quantitative estimate of drug-likeness (QED) is 0.260. The highest BCUT2D eigenvalue weighted by atomic mass is 35.5. The molecule has 3 aromatic rings. The van der Waals surface area contributed by atoms with Crippen molar-refractivity contribution >= 4 is 63.5 Å². The van der Waals surface area contributed by atoms with Gasteiger partial charge in [-0.15, -0.1) is 10.2 Å². The summed E-state index contributed by atoms with van der Waals surface area (Å²) in [6.45, 7) is 11.8. The van der Waals surface area contributed by atoms with E-state index in [9.17, 15) is 14.4 Å². The van der Waals surface area contributed by atoms with Crippen LogP contribution in [0.5, 0.6) is 11.5 Å². The second-order valence-electron chi connectivity index (χ2n) is 15.3. The topological polar surface area (TPSA) is 171 Å². The van der Waals surface area contributed by atoms with Gasteiger partial charge < -0.3 is 34.9 Å². The maximum Gasteiger partial charge on any atom is 0.408 e. The number of hydrogen-bond donors (Lipinski definition) is 2. The molecule has 4 heterocycles. The van der Waals surface area contributed by atoms with Crippen LogP contribution in [0, 0.1) is 24.2 Å². The zero-order valence-corrected chi connectivity index (χ0v) is 32.7. The van der Waals surface area contributed by atoms with Gasteiger partial charge in [0.25, 0.3) is 0 Å². The summed E-state index contributed by atoms with van der Waals surface area (Å²) in [5.74, 6) is 1.16. The van der Waals surface area contributed by atoms with Crippen LogP contribution < -0.4 is 20.5 Å². The predicted molar refractivity (Wildman–Crippen MR) is 199 cm³/mol. The normalized spacial score (nSPS) is 24.8. The van der Waals surface area contributed by atoms with Gasteiger partial charge in [-0.1, -0.05) is 43.7 Å². The van der Waals surface area contributed by atoms with Crippen LogP contribution in [-0.4, -0.2) is 113 Å². The van der Waals surface area contributed by atoms with Crippen molar-refractivity contribution < 1.29 is 33.3 Å². The van der Waals surface area contributed by atoms with Gasteiger partial charge in [-0.2, -0.15) is 0 Å². The van der Waals surface area contributed by atoms with Gasteiger partial charge in [0.05, 0.1) is 25.3 Å². The van der Waals surface area contributed by atoms with Crippen molar-refractivity contribution in [3.8, 4) is 11.5 Å². The Morgan fingerprint density at radius 1 is 1.09 bits per heavy atom. The molecule has 286 valence electrons. The zero-order chi connectivity index (χ0) is 37.4. The van der Waals surface area contributed by atoms with Crippen LogP contribution >= 0.6 is 34.7 Å². The number of carbonyl (C=O) groups is 3. The number of benzene rings is 1. The first-order chi connectivity index (χ1) is 25.3. The predicted octanol–water partition coefficient (Wildman–Crippen LogP) is 4.68. The van der Waals surface area contributed by atoms with E-state index in [2.05, 4.69) is 20.4 Å². The molecule has 2 saturated heterocycles. The first-order valence-corrected chi connectivity index (χ1v) is 20.1. The number of likely N-dealkylation sites (tertiary alicyclic amines) is 1. The number of ether oxygens (including phenoxy) is 4. The van der Waals surface area contributed by atoms with Gasteiger partial charge in [-0.3, -0.25) is 14.5 Å². The Bertz CT molecular complexity index is 1840. The number of morpholine rings is 1. The minimum absolute atomic E-state index is 0.0695. The van der Waals surface area contributed by atoms with Crippen LogP contribution in [0.4, 0.5) is 4.79 Å². The molecule has 3 amide bonds. The van der Waals surface area contributed by atoms with Gasteiger partial charge in [-0.25, -0.2) is 9.78 Å². The second-order valence-corrected chi connectivity index (χ2v) is 18.1. The first-order valence-electron chi connectivity index (χ1n) is 18.1. The number of nitrogens with two attached hydrogens (primary N) is 1. The second kappa shape index (κ2) is 15.7. The van der Waals surface area contributed by atoms with Crippen molar-refractivity contribution in [2.24, 2.45) is 23.0 Å². The van der Waals surface area contributed by atoms with Crippen molar-refractivity contribution in [1.82, 2.24) is 30.3 Å². The van der Waals surface area contributed by atoms with E-state index >= 15 is 0 Å². The zero-order valence-electron chi connectivity index (χ0n) is 30.3. The molecule has 0 bridgehead atoms. The molecule has 7 rings (SSSR count). The van der Waals surface area contributed by atoms with E-state index in [-0.39, 0.29) is 19.1 Å². The van der Waals surface area contributed by atoms with Crippen molar-refractivity contribution in [2.75, 3.05) is 46.0 Å². The molecule has 2 saturated carbocycles. The minimum Gasteiger partial charge on any atom is -0.491 e. The number of halogens is 1. The third kappa shape index (κ3) is 8.93. The van der Waals surface area contributed by atoms with E-state index in [0.717, 1.165) is 37.5 Å². The molecule has 14 nitrogen and oxygen atoms in total. The highest BCUT2D eigenvalue weighted by Gasteiger charge is 2.48. The molecule has 0 spiro atoms. The molecular weight excluding hydrogens is 742 g/mol. The summed E-state index contributed by atoms with van der Waals surface area (Å²) in [5, 5.41) is 13.5. The van der Waals surface area contributed by atoms with Crippen LogP contribution in [0.25, 0.3) is 10.9 Å². The number of fused-ring (bicyclic) bond motifs is 2. The fourth-order valence-corrected chi connectivity index (χ4v) is 9.44. The van der Waals surface area contributed by atoms with Crippen LogP contribution in [0.3, 0.4) is 0 Å². The summed E-state index contributed by atoms with van der Waals surface area (Å²) in [6, 6.07) is 3.53. The van der Waals surface area contributed by atoms with Gasteiger partial charge in [0.15, 0.2) is 4.34 Å². The number of alkyl carbamates (subject to hydrolysis) is 1. The molecule has 4 aliphatic rings. The number of rotatable bonds is 12. The molecule has 1 aromatic carbocycles. The lowest BCUT2D eigenvalue weighted by molar-refractivity contribution is -0.141. The third-order valence-electron chi connectivity index (χ3n) is 10.3. The number of amides is 3. The molecule has 4 fully saturated rings. The van der Waals surface area contributed by atoms with Crippen LogP contribution in [0.2, 0.25) is 5.02 Å². The lowest BCUT2D eigenvalue weighted by Gasteiger charge is -2.35. The van der Waals surface area contributed by atoms with E-state index in [1.807, 2.05) is 33.8 Å². The fourth-order valence-electron chi connectivity index (χ4n) is 7.42. The third-order valence-corrected chi connectivity index (χ3v) is 12.5. The van der Waals surface area contributed by atoms with E-state index < -0.39 is 41.5 Å². The first kappa shape index (κ1) is 37.9. The smallest absolute Gasteiger partial charge is 0.408 e. The highest BCUT2D eigenvalue weighted by molar-refractivity contribution is 8.01. The summed E-state index contributed by atoms with van der Waals surface area (Å²) in [6.07, 6.45) is 1.70. The summed E-state index contributed by atoms with van der Waals surface area (Å²) >= 11 is 9.74. The number of nitrogens with one attached hydrogen (secondary N) is 1. The molecule has 1 unspecified atom stereocenters. The molecule has 6 atom stereocenters. The van der Waals surface area contributed by atoms with Crippen LogP contribution in [0.15, 0.2) is 27.6 Å². The Morgan fingerprint density at radius 2 is 1.85 bits per heavy atom. The number of aromatic nitrogens is 3. The van der Waals surface area contributed by atoms with E-state index in [4.69, 9.17) is 41.3 Å². The minimum atomic E-state index is -0.966. The standard InChI is InChI=1S/C36H46ClN7O7S2/c1-19-41-42-35(52-19)53-28-17-27(24-5-6-26(29(37)30(24)39-28)49-12-9-43-7-10-48-11-8-43)50-23-16-25(32(38)45)44(18-23)33(46)31(36(2,3)4)40-34(47)51-22-14-20-13-21(20)15-22/h5-6,17,20-23,25,31H,7-16,18H2,1-4H3,(H2,38,45)(H,40,47)/t20-,21+,22?,23-,25+,31-/m1/s1. The van der Waals surface area contributed by atoms with Gasteiger partial charge >= 0.3 is 6.09 Å². The number of carbonyl (C=O) groups excluding carboxylic acids is 3. The number of aryl methyl sites for hydroxylation is 1. The van der Waals surface area contributed by atoms with Crippen LogP contribution in [-0.2, 0) is 19.1 Å². The largest absolute Gasteiger partial charge is 0.491 e. The Kier molecular flexibility index (Phi) is 11.2. The van der Waals surface area contributed by atoms with Crippen LogP contribution in [0.1, 0.15) is 51.5 Å². The highest BCUT2D eigenvalue weighted by Crippen LogP contribution is 2.52. The average Bonchev–Trinajstić information content (AvgIpc) is 3.39. The van der Waals surface area contributed by atoms with Gasteiger partial charge in [0.2, 0.25) is 11.8 Å². The Morgan fingerprint density at radius 3 is 2.53 bits per heavy atom. The fraction of sp³-hybridized carbons (Fsp3) is 0.611. The van der Waals surface area contributed by atoms with Crippen molar-refractivity contribution in [1.29, 1.82) is 0 Å². The van der Waals surface area contributed by atoms with E-state index in [0.29, 0.717) is 68.4 Å². The molecule has 17 heteroatoms. The maximum atomic E-state index is 14.2. The summed E-state index contributed by atoms with van der Waals surface area (Å²) in [7, 11) is 0. The van der Waals surface area contributed by atoms with Crippen molar-refractivity contribution in [3.63, 3.8) is 0 Å². The van der Waals surface area contributed by atoms with Gasteiger partial charge in [0.1, 0.15) is 57.5 Å². The van der Waals surface area contributed by atoms with Crippen molar-refractivity contribution in [3.05, 3.63) is 28.2 Å². The summed E-state index contributed by atoms with van der Waals surface area (Å²) in [5.41, 5.74) is 5.66. The molecule has 2 aliphatic heterocycles. The van der Waals surface area contributed by atoms with E-state index in [1.165, 1.54) is 34.4 Å². The molecule has 0 radical (unpaired) electrons. The number of primary amides is 1. The maximum absolute atomic E-state index is 14.2. The number of hydrogen-bond acceptors (Lipinski definition) is 13. The molecule has 2 aliphatic carbocycles. The van der Waals surface area contributed by atoms with Gasteiger partial charge in [-0.05, 0) is 67.3 Å². The Labute approximate surface area is 321 Å². The monoisotopic (exact) mass is 787 g/mol. The molecule has 53 heavy (non-hydrogen) atoms. The van der Waals surface area contributed by atoms with Crippen molar-refractivity contribution in [2.45, 2.75) is 87.0 Å². The van der Waals surface area contributed by atoms with E-state index in [1.54, 1.807) is 12.1 Å². The lowest BCUT2D eigenvalue weighted by Crippen LogP contribution is -2.57. The Balaban J connectivity index is 1.11. The number of pyridine rings is 1. The van der Waals surface area contributed by atoms with Gasteiger partial charge in [0, 0.05) is 37.5 Å². The Hall–Kier alpha value is -3.44. The summed E-state index contributed by atoms with van der Waals surface area (Å²) < 4.78 is 24.6. The molecule has 2 aromatic heterocycles. The molecular formula is C36H46ClN7O7S2. The summed E-state index contributed by atoms with van der Waals surface area (Å²) in [4.78, 5) is 48.6.